The minimum Gasteiger partial charge on any atom is -0.457 e. The third kappa shape index (κ3) is 4.88. The van der Waals surface area contributed by atoms with Gasteiger partial charge in [-0.3, -0.25) is 0 Å². The van der Waals surface area contributed by atoms with Crippen LogP contribution in [0.2, 0.25) is 5.02 Å². The topological polar surface area (TPSA) is 71.1 Å². The average molecular weight is 430 g/mol. The van der Waals surface area contributed by atoms with Crippen molar-refractivity contribution >= 4 is 17.5 Å². The lowest BCUT2D eigenvalue weighted by molar-refractivity contribution is 0.482. The maximum Gasteiger partial charge on any atom is 0.232 e. The lowest BCUT2D eigenvalue weighted by Crippen LogP contribution is -1.99. The van der Waals surface area contributed by atoms with Gasteiger partial charge in [-0.05, 0) is 79.1 Å². The second-order valence-corrected chi connectivity index (χ2v) is 7.60. The number of hydrogen-bond acceptors (Lipinski definition) is 5. The molecule has 0 saturated carbocycles. The lowest BCUT2D eigenvalue weighted by atomic mass is 10.1. The Morgan fingerprint density at radius 1 is 0.968 bits per heavy atom. The summed E-state index contributed by atoms with van der Waals surface area (Å²) in [5, 5.41) is 13.2. The summed E-state index contributed by atoms with van der Waals surface area (Å²) in [5.41, 5.74) is 4.40. The van der Waals surface area contributed by atoms with Crippen LogP contribution in [0.25, 0.3) is 11.5 Å². The summed E-state index contributed by atoms with van der Waals surface area (Å²) < 4.78 is 11.7. The number of aryl methyl sites for hydroxylation is 2. The van der Waals surface area contributed by atoms with Gasteiger partial charge in [0.25, 0.3) is 0 Å². The number of rotatable bonds is 6. The molecule has 31 heavy (non-hydrogen) atoms. The van der Waals surface area contributed by atoms with E-state index in [1.165, 1.54) is 11.1 Å². The fourth-order valence-electron chi connectivity index (χ4n) is 3.00. The van der Waals surface area contributed by atoms with Gasteiger partial charge in [-0.1, -0.05) is 29.8 Å². The number of anilines is 1. The summed E-state index contributed by atoms with van der Waals surface area (Å²) in [6.07, 6.45) is 0. The van der Waals surface area contributed by atoms with E-state index in [4.69, 9.17) is 20.8 Å². The minimum atomic E-state index is 0.208. The van der Waals surface area contributed by atoms with Crippen LogP contribution in [0, 0.1) is 25.2 Å². The molecule has 5 nitrogen and oxygen atoms in total. The van der Waals surface area contributed by atoms with Crippen molar-refractivity contribution < 1.29 is 9.15 Å². The molecular weight excluding hydrogens is 410 g/mol. The molecule has 4 aromatic rings. The summed E-state index contributed by atoms with van der Waals surface area (Å²) in [6, 6.07) is 23.0. The van der Waals surface area contributed by atoms with E-state index in [0.717, 1.165) is 22.6 Å². The van der Waals surface area contributed by atoms with Gasteiger partial charge in [-0.25, -0.2) is 0 Å². The number of benzene rings is 3. The third-order valence-corrected chi connectivity index (χ3v) is 5.17. The smallest absolute Gasteiger partial charge is 0.232 e. The number of halogens is 1. The molecule has 1 heterocycles. The number of aromatic nitrogens is 1. The molecule has 4 rings (SSSR count). The van der Waals surface area contributed by atoms with Gasteiger partial charge in [-0.15, -0.1) is 0 Å². The molecule has 0 unspecified atom stereocenters. The fourth-order valence-corrected chi connectivity index (χ4v) is 3.13. The van der Waals surface area contributed by atoms with E-state index >= 15 is 0 Å². The second-order valence-electron chi connectivity index (χ2n) is 7.16. The summed E-state index contributed by atoms with van der Waals surface area (Å²) >= 11 is 5.93. The number of nitrogens with zero attached hydrogens (tertiary/aromatic N) is 2. The molecule has 0 aliphatic heterocycles. The zero-order chi connectivity index (χ0) is 21.8. The minimum absolute atomic E-state index is 0.208. The highest BCUT2D eigenvalue weighted by Crippen LogP contribution is 2.27. The van der Waals surface area contributed by atoms with Gasteiger partial charge in [0.05, 0.1) is 0 Å². The summed E-state index contributed by atoms with van der Waals surface area (Å²) in [6.45, 7) is 4.62. The van der Waals surface area contributed by atoms with E-state index in [9.17, 15) is 5.26 Å². The largest absolute Gasteiger partial charge is 0.457 e. The fraction of sp³-hybridized carbons (Fsp3) is 0.120. The van der Waals surface area contributed by atoms with E-state index in [0.29, 0.717) is 23.3 Å². The molecule has 0 aliphatic rings. The molecule has 0 saturated heterocycles. The monoisotopic (exact) mass is 429 g/mol. The number of oxazole rings is 1. The Labute approximate surface area is 185 Å². The van der Waals surface area contributed by atoms with Crippen LogP contribution >= 0.6 is 11.6 Å². The molecular formula is C25H20ClN3O2. The Morgan fingerprint density at radius 3 is 2.35 bits per heavy atom. The maximum absolute atomic E-state index is 9.38. The first-order chi connectivity index (χ1) is 15.0. The molecule has 1 N–H and O–H groups in total. The zero-order valence-electron chi connectivity index (χ0n) is 17.1. The highest BCUT2D eigenvalue weighted by molar-refractivity contribution is 6.30. The van der Waals surface area contributed by atoms with Crippen molar-refractivity contribution in [2.24, 2.45) is 0 Å². The van der Waals surface area contributed by atoms with Crippen LogP contribution in [-0.4, -0.2) is 4.98 Å². The van der Waals surface area contributed by atoms with Crippen LogP contribution in [0.1, 0.15) is 22.4 Å². The highest BCUT2D eigenvalue weighted by atomic mass is 35.5. The van der Waals surface area contributed by atoms with Gasteiger partial charge in [-0.2, -0.15) is 10.2 Å². The third-order valence-electron chi connectivity index (χ3n) is 4.91. The standard InChI is InChI=1S/C25H20ClN3O2/c1-16-3-10-22(13-17(16)2)30-21-11-4-18(5-12-21)15-28-25-23(14-27)29-24(31-25)19-6-8-20(26)9-7-19/h3-13,28H,15H2,1-2H3. The molecule has 154 valence electrons. The quantitative estimate of drug-likeness (QED) is 0.361. The van der Waals surface area contributed by atoms with Gasteiger partial charge in [0, 0.05) is 17.1 Å². The Bertz CT molecular complexity index is 1240. The molecule has 0 bridgehead atoms. The first kappa shape index (κ1) is 20.5. The maximum atomic E-state index is 9.38. The van der Waals surface area contributed by atoms with E-state index < -0.39 is 0 Å². The predicted octanol–water partition coefficient (Wildman–Crippen LogP) is 6.89. The summed E-state index contributed by atoms with van der Waals surface area (Å²) in [4.78, 5) is 4.26. The van der Waals surface area contributed by atoms with E-state index in [-0.39, 0.29) is 5.69 Å². The summed E-state index contributed by atoms with van der Waals surface area (Å²) in [5.74, 6) is 2.27. The van der Waals surface area contributed by atoms with Crippen LogP contribution < -0.4 is 10.1 Å². The van der Waals surface area contributed by atoms with E-state index in [2.05, 4.69) is 30.2 Å². The predicted molar refractivity (Wildman–Crippen MR) is 121 cm³/mol. The molecule has 3 aromatic carbocycles. The van der Waals surface area contributed by atoms with Crippen LogP contribution in [0.3, 0.4) is 0 Å². The second kappa shape index (κ2) is 8.95. The van der Waals surface area contributed by atoms with E-state index in [1.807, 2.05) is 42.5 Å². The van der Waals surface area contributed by atoms with Crippen molar-refractivity contribution in [2.75, 3.05) is 5.32 Å². The Balaban J connectivity index is 1.42. The van der Waals surface area contributed by atoms with Gasteiger partial charge >= 0.3 is 0 Å². The van der Waals surface area contributed by atoms with Crippen molar-refractivity contribution in [2.45, 2.75) is 20.4 Å². The molecule has 0 amide bonds. The van der Waals surface area contributed by atoms with Crippen molar-refractivity contribution in [1.29, 1.82) is 5.26 Å². The molecule has 0 radical (unpaired) electrons. The molecule has 6 heteroatoms. The van der Waals surface area contributed by atoms with Gasteiger partial charge in [0.1, 0.15) is 17.6 Å². The molecule has 0 fully saturated rings. The first-order valence-electron chi connectivity index (χ1n) is 9.76. The van der Waals surface area contributed by atoms with E-state index in [1.54, 1.807) is 24.3 Å². The Hall–Kier alpha value is -3.75. The lowest BCUT2D eigenvalue weighted by Gasteiger charge is -2.09. The van der Waals surface area contributed by atoms with Gasteiger partial charge in [0.15, 0.2) is 0 Å². The van der Waals surface area contributed by atoms with Crippen molar-refractivity contribution in [3.63, 3.8) is 0 Å². The molecule has 0 aliphatic carbocycles. The average Bonchev–Trinajstić information content (AvgIpc) is 3.19. The number of nitrogens with one attached hydrogen (secondary N) is 1. The number of ether oxygens (including phenoxy) is 1. The Morgan fingerprint density at radius 2 is 1.68 bits per heavy atom. The van der Waals surface area contributed by atoms with Gasteiger partial charge in [0.2, 0.25) is 17.5 Å². The first-order valence-corrected chi connectivity index (χ1v) is 10.1. The van der Waals surface area contributed by atoms with Crippen molar-refractivity contribution in [1.82, 2.24) is 4.98 Å². The Kier molecular flexibility index (Phi) is 5.92. The zero-order valence-corrected chi connectivity index (χ0v) is 17.9. The normalized spacial score (nSPS) is 10.5. The number of hydrogen-bond donors (Lipinski definition) is 1. The van der Waals surface area contributed by atoms with Crippen LogP contribution in [0.5, 0.6) is 11.5 Å². The molecule has 1 aromatic heterocycles. The van der Waals surface area contributed by atoms with Crippen LogP contribution in [-0.2, 0) is 6.54 Å². The van der Waals surface area contributed by atoms with Crippen LogP contribution in [0.4, 0.5) is 5.88 Å². The van der Waals surface area contributed by atoms with Crippen LogP contribution in [0.15, 0.2) is 71.1 Å². The SMILES string of the molecule is Cc1ccc(Oc2ccc(CNc3oc(-c4ccc(Cl)cc4)nc3C#N)cc2)cc1C. The number of nitriles is 1. The molecule has 0 atom stereocenters. The van der Waals surface area contributed by atoms with Gasteiger partial charge < -0.3 is 14.5 Å². The van der Waals surface area contributed by atoms with Crippen molar-refractivity contribution in [3.05, 3.63) is 94.1 Å². The van der Waals surface area contributed by atoms with Crippen molar-refractivity contribution in [3.8, 4) is 29.0 Å². The molecule has 0 spiro atoms. The summed E-state index contributed by atoms with van der Waals surface area (Å²) in [7, 11) is 0. The highest BCUT2D eigenvalue weighted by Gasteiger charge is 2.14.